The molecule has 7 heteroatoms. The summed E-state index contributed by atoms with van der Waals surface area (Å²) in [6.07, 6.45) is 0. The first-order chi connectivity index (χ1) is 11.1. The Hall–Kier alpha value is -2.96. The highest BCUT2D eigenvalue weighted by molar-refractivity contribution is 5.66. The first-order valence-electron chi connectivity index (χ1n) is 7.30. The lowest BCUT2D eigenvalue weighted by molar-refractivity contribution is -0.384. The summed E-state index contributed by atoms with van der Waals surface area (Å²) in [5.74, 6) is 1.23. The van der Waals surface area contributed by atoms with Crippen LogP contribution >= 0.6 is 0 Å². The minimum atomic E-state index is -0.454. The fourth-order valence-electron chi connectivity index (χ4n) is 1.97. The molecule has 0 saturated heterocycles. The van der Waals surface area contributed by atoms with Gasteiger partial charge >= 0.3 is 0 Å². The van der Waals surface area contributed by atoms with E-state index in [-0.39, 0.29) is 5.69 Å². The van der Waals surface area contributed by atoms with Crippen LogP contribution < -0.4 is 20.3 Å². The topological polar surface area (TPSA) is 85.7 Å². The van der Waals surface area contributed by atoms with Crippen LogP contribution in [-0.4, -0.2) is 18.1 Å². The number of anilines is 2. The van der Waals surface area contributed by atoms with Crippen LogP contribution in [-0.2, 0) is 0 Å². The minimum Gasteiger partial charge on any atom is -0.494 e. The van der Waals surface area contributed by atoms with Gasteiger partial charge in [0.1, 0.15) is 17.2 Å². The summed E-state index contributed by atoms with van der Waals surface area (Å²) in [7, 11) is 0. The predicted molar refractivity (Wildman–Crippen MR) is 89.1 cm³/mol. The van der Waals surface area contributed by atoms with Gasteiger partial charge in [0.05, 0.1) is 29.9 Å². The smallest absolute Gasteiger partial charge is 0.297 e. The molecule has 0 fully saturated rings. The Morgan fingerprint density at radius 1 is 0.957 bits per heavy atom. The van der Waals surface area contributed by atoms with Crippen molar-refractivity contribution in [3.63, 3.8) is 0 Å². The van der Waals surface area contributed by atoms with Gasteiger partial charge in [-0.2, -0.15) is 0 Å². The van der Waals surface area contributed by atoms with E-state index in [0.717, 1.165) is 11.4 Å². The van der Waals surface area contributed by atoms with E-state index in [2.05, 4.69) is 10.9 Å². The molecule has 7 nitrogen and oxygen atoms in total. The molecule has 2 N–H and O–H groups in total. The number of benzene rings is 2. The van der Waals surface area contributed by atoms with E-state index in [1.807, 2.05) is 38.1 Å². The molecule has 0 bridgehead atoms. The fourth-order valence-corrected chi connectivity index (χ4v) is 1.97. The van der Waals surface area contributed by atoms with E-state index in [9.17, 15) is 10.1 Å². The van der Waals surface area contributed by atoms with Crippen LogP contribution in [0.4, 0.5) is 17.1 Å². The molecule has 0 aliphatic carbocycles. The molecule has 2 aromatic carbocycles. The van der Waals surface area contributed by atoms with Gasteiger partial charge < -0.3 is 14.9 Å². The number of hydrazine groups is 1. The standard InChI is InChI=1S/C16H19N3O4/c1-3-22-13-7-5-12(6-8-13)17-18-15-10-9-14(23-4-2)11-16(15)19(20)21/h5-11,17-18H,3-4H2,1-2H3. The molecule has 0 amide bonds. The molecule has 0 saturated carbocycles. The van der Waals surface area contributed by atoms with Crippen molar-refractivity contribution in [3.05, 3.63) is 52.6 Å². The quantitative estimate of drug-likeness (QED) is 0.568. The maximum Gasteiger partial charge on any atom is 0.297 e. The summed E-state index contributed by atoms with van der Waals surface area (Å²) in [6.45, 7) is 4.79. The molecule has 0 aliphatic rings. The SMILES string of the molecule is CCOc1ccc(NNc2ccc(OCC)cc2[N+](=O)[O-])cc1. The summed E-state index contributed by atoms with van der Waals surface area (Å²) in [5.41, 5.74) is 6.82. The zero-order chi connectivity index (χ0) is 16.7. The second-order valence-electron chi connectivity index (χ2n) is 4.58. The lowest BCUT2D eigenvalue weighted by Crippen LogP contribution is -2.10. The summed E-state index contributed by atoms with van der Waals surface area (Å²) in [6, 6.07) is 12.0. The van der Waals surface area contributed by atoms with E-state index in [1.165, 1.54) is 6.07 Å². The van der Waals surface area contributed by atoms with Crippen molar-refractivity contribution in [2.24, 2.45) is 0 Å². The molecule has 0 unspecified atom stereocenters. The van der Waals surface area contributed by atoms with Crippen LogP contribution in [0, 0.1) is 10.1 Å². The average Bonchev–Trinajstić information content (AvgIpc) is 2.55. The van der Waals surface area contributed by atoms with Crippen LogP contribution in [0.3, 0.4) is 0 Å². The first kappa shape index (κ1) is 16.4. The van der Waals surface area contributed by atoms with E-state index in [1.54, 1.807) is 12.1 Å². The molecule has 122 valence electrons. The summed E-state index contributed by atoms with van der Waals surface area (Å²) in [4.78, 5) is 10.7. The number of hydrogen-bond acceptors (Lipinski definition) is 6. The third-order valence-electron chi connectivity index (χ3n) is 2.98. The number of nitrogens with zero attached hydrogens (tertiary/aromatic N) is 1. The van der Waals surface area contributed by atoms with Gasteiger partial charge in [-0.05, 0) is 50.2 Å². The second kappa shape index (κ2) is 7.88. The molecule has 0 heterocycles. The number of rotatable bonds is 8. The van der Waals surface area contributed by atoms with E-state index < -0.39 is 4.92 Å². The highest BCUT2D eigenvalue weighted by Crippen LogP contribution is 2.29. The summed E-state index contributed by atoms with van der Waals surface area (Å²) >= 11 is 0. The number of nitro groups is 1. The monoisotopic (exact) mass is 317 g/mol. The van der Waals surface area contributed by atoms with Crippen molar-refractivity contribution in [2.45, 2.75) is 13.8 Å². The van der Waals surface area contributed by atoms with Gasteiger partial charge in [-0.3, -0.25) is 15.5 Å². The zero-order valence-electron chi connectivity index (χ0n) is 13.0. The van der Waals surface area contributed by atoms with Crippen LogP contribution in [0.15, 0.2) is 42.5 Å². The molecule has 0 aliphatic heterocycles. The molecule has 23 heavy (non-hydrogen) atoms. The van der Waals surface area contributed by atoms with Crippen LogP contribution in [0.5, 0.6) is 11.5 Å². The largest absolute Gasteiger partial charge is 0.494 e. The molecular formula is C16H19N3O4. The molecular weight excluding hydrogens is 298 g/mol. The third-order valence-corrected chi connectivity index (χ3v) is 2.98. The van der Waals surface area contributed by atoms with Crippen molar-refractivity contribution in [3.8, 4) is 11.5 Å². The lowest BCUT2D eigenvalue weighted by Gasteiger charge is -2.12. The Kier molecular flexibility index (Phi) is 5.62. The van der Waals surface area contributed by atoms with Crippen molar-refractivity contribution in [2.75, 3.05) is 24.1 Å². The van der Waals surface area contributed by atoms with Crippen LogP contribution in [0.25, 0.3) is 0 Å². The Morgan fingerprint density at radius 2 is 1.57 bits per heavy atom. The predicted octanol–water partition coefficient (Wildman–Crippen LogP) is 3.83. The number of hydrogen-bond donors (Lipinski definition) is 2. The lowest BCUT2D eigenvalue weighted by atomic mass is 10.2. The van der Waals surface area contributed by atoms with Crippen molar-refractivity contribution in [1.29, 1.82) is 0 Å². The van der Waals surface area contributed by atoms with Crippen LogP contribution in [0.2, 0.25) is 0 Å². The van der Waals surface area contributed by atoms with Gasteiger partial charge in [0, 0.05) is 0 Å². The Morgan fingerprint density at radius 3 is 2.17 bits per heavy atom. The molecule has 2 rings (SSSR count). The first-order valence-corrected chi connectivity index (χ1v) is 7.30. The summed E-state index contributed by atoms with van der Waals surface area (Å²) in [5, 5.41) is 11.2. The maximum atomic E-state index is 11.2. The number of nitrogens with one attached hydrogen (secondary N) is 2. The molecule has 2 aromatic rings. The Balaban J connectivity index is 2.08. The van der Waals surface area contributed by atoms with Gasteiger partial charge in [-0.25, -0.2) is 0 Å². The van der Waals surface area contributed by atoms with E-state index >= 15 is 0 Å². The van der Waals surface area contributed by atoms with Gasteiger partial charge in [-0.15, -0.1) is 0 Å². The van der Waals surface area contributed by atoms with E-state index in [4.69, 9.17) is 9.47 Å². The fraction of sp³-hybridized carbons (Fsp3) is 0.250. The Bertz CT molecular complexity index is 659. The average molecular weight is 317 g/mol. The molecule has 0 atom stereocenters. The molecule has 0 spiro atoms. The Labute approximate surface area is 134 Å². The highest BCUT2D eigenvalue weighted by Gasteiger charge is 2.15. The minimum absolute atomic E-state index is 0.0608. The number of ether oxygens (including phenoxy) is 2. The second-order valence-corrected chi connectivity index (χ2v) is 4.58. The normalized spacial score (nSPS) is 10.0. The zero-order valence-corrected chi connectivity index (χ0v) is 13.0. The molecule has 0 aromatic heterocycles. The maximum absolute atomic E-state index is 11.2. The van der Waals surface area contributed by atoms with Crippen molar-refractivity contribution >= 4 is 17.1 Å². The van der Waals surface area contributed by atoms with Gasteiger partial charge in [0.25, 0.3) is 5.69 Å². The van der Waals surface area contributed by atoms with Crippen molar-refractivity contribution < 1.29 is 14.4 Å². The van der Waals surface area contributed by atoms with Gasteiger partial charge in [-0.1, -0.05) is 0 Å². The van der Waals surface area contributed by atoms with Crippen LogP contribution in [0.1, 0.15) is 13.8 Å². The van der Waals surface area contributed by atoms with Gasteiger partial charge in [0.15, 0.2) is 0 Å². The third kappa shape index (κ3) is 4.50. The molecule has 0 radical (unpaired) electrons. The summed E-state index contributed by atoms with van der Waals surface area (Å²) < 4.78 is 10.6. The highest BCUT2D eigenvalue weighted by atomic mass is 16.6. The van der Waals surface area contributed by atoms with Gasteiger partial charge in [0.2, 0.25) is 0 Å². The van der Waals surface area contributed by atoms with E-state index in [0.29, 0.717) is 24.7 Å². The van der Waals surface area contributed by atoms with Crippen molar-refractivity contribution in [1.82, 2.24) is 0 Å². The number of nitro benzene ring substituents is 1.